The second kappa shape index (κ2) is 5.32. The number of rotatable bonds is 4. The number of aliphatic hydroxyl groups is 2. The van der Waals surface area contributed by atoms with Crippen LogP contribution in [0.4, 0.5) is 5.69 Å². The number of aromatic nitrogens is 1. The first-order valence-corrected chi connectivity index (χ1v) is 4.51. The number of hydrogen-bond donors (Lipinski definition) is 2. The molecule has 0 aliphatic rings. The fraction of sp³-hybridized carbons (Fsp3) is 0.333. The minimum Gasteiger partial charge on any atom is -0.467 e. The molecule has 1 rings (SSSR count). The highest BCUT2D eigenvalue weighted by atomic mass is 16.6. The van der Waals surface area contributed by atoms with Crippen LogP contribution in [0.15, 0.2) is 18.3 Å². The summed E-state index contributed by atoms with van der Waals surface area (Å²) in [6, 6.07) is 2.25. The highest BCUT2D eigenvalue weighted by Crippen LogP contribution is 2.18. The average Bonchev–Trinajstić information content (AvgIpc) is 2.36. The number of nitrogens with zero attached hydrogens (tertiary/aromatic N) is 2. The lowest BCUT2D eigenvalue weighted by Gasteiger charge is -2.14. The van der Waals surface area contributed by atoms with Gasteiger partial charge in [0.05, 0.1) is 17.7 Å². The fourth-order valence-corrected chi connectivity index (χ4v) is 1.09. The van der Waals surface area contributed by atoms with E-state index in [0.717, 1.165) is 25.4 Å². The first-order chi connectivity index (χ1) is 7.97. The van der Waals surface area contributed by atoms with Crippen molar-refractivity contribution in [2.45, 2.75) is 12.2 Å². The van der Waals surface area contributed by atoms with E-state index in [0.29, 0.717) is 0 Å². The Morgan fingerprint density at radius 1 is 1.53 bits per heavy atom. The Morgan fingerprint density at radius 3 is 2.59 bits per heavy atom. The van der Waals surface area contributed by atoms with Gasteiger partial charge in [0.25, 0.3) is 5.69 Å². The van der Waals surface area contributed by atoms with Crippen LogP contribution in [-0.2, 0) is 9.53 Å². The third kappa shape index (κ3) is 2.95. The van der Waals surface area contributed by atoms with Gasteiger partial charge in [-0.2, -0.15) is 0 Å². The number of aliphatic hydroxyl groups excluding tert-OH is 2. The molecule has 0 aliphatic carbocycles. The Bertz CT molecular complexity index is 418. The van der Waals surface area contributed by atoms with Crippen LogP contribution in [0.1, 0.15) is 11.8 Å². The number of carbonyl (C=O) groups excluding carboxylic acids is 1. The minimum atomic E-state index is -1.78. The number of nitro groups is 1. The second-order valence-corrected chi connectivity index (χ2v) is 3.11. The summed E-state index contributed by atoms with van der Waals surface area (Å²) in [7, 11) is 1.06. The molecule has 0 saturated carbocycles. The molecular formula is C9H10N2O6. The van der Waals surface area contributed by atoms with Gasteiger partial charge < -0.3 is 14.9 Å². The Morgan fingerprint density at radius 2 is 2.18 bits per heavy atom. The predicted molar refractivity (Wildman–Crippen MR) is 53.9 cm³/mol. The Labute approximate surface area is 95.6 Å². The van der Waals surface area contributed by atoms with Gasteiger partial charge in [-0.05, 0) is 6.07 Å². The largest absolute Gasteiger partial charge is 0.467 e. The normalized spacial score (nSPS) is 13.8. The summed E-state index contributed by atoms with van der Waals surface area (Å²) in [5.74, 6) is -1.02. The number of ether oxygens (including phenoxy) is 1. The molecule has 1 aromatic rings. The van der Waals surface area contributed by atoms with Crippen molar-refractivity contribution in [3.05, 3.63) is 34.1 Å². The second-order valence-electron chi connectivity index (χ2n) is 3.11. The maximum Gasteiger partial charge on any atom is 0.337 e. The van der Waals surface area contributed by atoms with Crippen molar-refractivity contribution >= 4 is 11.7 Å². The van der Waals surface area contributed by atoms with Crippen molar-refractivity contribution in [1.29, 1.82) is 0 Å². The Hall–Kier alpha value is -2.06. The molecule has 0 amide bonds. The van der Waals surface area contributed by atoms with E-state index in [1.165, 1.54) is 0 Å². The highest BCUT2D eigenvalue weighted by molar-refractivity contribution is 5.75. The molecule has 8 heteroatoms. The third-order valence-corrected chi connectivity index (χ3v) is 2.03. The Balaban J connectivity index is 2.86. The molecule has 17 heavy (non-hydrogen) atoms. The Kier molecular flexibility index (Phi) is 4.07. The van der Waals surface area contributed by atoms with Gasteiger partial charge >= 0.3 is 5.97 Å². The molecular weight excluding hydrogens is 232 g/mol. The highest BCUT2D eigenvalue weighted by Gasteiger charge is 2.27. The predicted octanol–water partition coefficient (Wildman–Crippen LogP) is -0.443. The van der Waals surface area contributed by atoms with E-state index < -0.39 is 23.1 Å². The SMILES string of the molecule is COC(=O)C(O)C(O)c1ccc([N+](=O)[O-])cn1. The van der Waals surface area contributed by atoms with E-state index in [4.69, 9.17) is 0 Å². The van der Waals surface area contributed by atoms with E-state index in [1.54, 1.807) is 0 Å². The van der Waals surface area contributed by atoms with Crippen LogP contribution in [-0.4, -0.2) is 39.3 Å². The van der Waals surface area contributed by atoms with Crippen molar-refractivity contribution in [2.24, 2.45) is 0 Å². The molecule has 0 aromatic carbocycles. The lowest BCUT2D eigenvalue weighted by Crippen LogP contribution is -2.29. The molecule has 8 nitrogen and oxygen atoms in total. The summed E-state index contributed by atoms with van der Waals surface area (Å²) in [6.45, 7) is 0. The van der Waals surface area contributed by atoms with Crippen LogP contribution < -0.4 is 0 Å². The molecule has 2 N–H and O–H groups in total. The van der Waals surface area contributed by atoms with Gasteiger partial charge in [0, 0.05) is 6.07 Å². The van der Waals surface area contributed by atoms with E-state index in [1.807, 2.05) is 0 Å². The van der Waals surface area contributed by atoms with Crippen molar-refractivity contribution < 1.29 is 24.7 Å². The van der Waals surface area contributed by atoms with Crippen LogP contribution in [0.3, 0.4) is 0 Å². The number of carbonyl (C=O) groups is 1. The minimum absolute atomic E-state index is 0.0616. The van der Waals surface area contributed by atoms with Crippen molar-refractivity contribution in [1.82, 2.24) is 4.98 Å². The lowest BCUT2D eigenvalue weighted by atomic mass is 10.1. The first-order valence-electron chi connectivity index (χ1n) is 4.51. The zero-order valence-corrected chi connectivity index (χ0v) is 8.81. The molecule has 2 unspecified atom stereocenters. The molecule has 0 aliphatic heterocycles. The zero-order valence-electron chi connectivity index (χ0n) is 8.81. The quantitative estimate of drug-likeness (QED) is 0.416. The summed E-state index contributed by atoms with van der Waals surface area (Å²) in [5, 5.41) is 29.2. The molecule has 92 valence electrons. The topological polar surface area (TPSA) is 123 Å². The maximum atomic E-state index is 10.9. The molecule has 0 spiro atoms. The van der Waals surface area contributed by atoms with Crippen molar-refractivity contribution in [3.63, 3.8) is 0 Å². The van der Waals surface area contributed by atoms with Crippen LogP contribution in [0, 0.1) is 10.1 Å². The first kappa shape index (κ1) is 13.0. The average molecular weight is 242 g/mol. The number of methoxy groups -OCH3 is 1. The third-order valence-electron chi connectivity index (χ3n) is 2.03. The van der Waals surface area contributed by atoms with Gasteiger partial charge in [-0.15, -0.1) is 0 Å². The summed E-state index contributed by atoms with van der Waals surface area (Å²) in [5.41, 5.74) is -0.318. The van der Waals surface area contributed by atoms with Crippen LogP contribution in [0.2, 0.25) is 0 Å². The van der Waals surface area contributed by atoms with Gasteiger partial charge in [-0.25, -0.2) is 4.79 Å². The van der Waals surface area contributed by atoms with Crippen LogP contribution in [0.25, 0.3) is 0 Å². The fourth-order valence-electron chi connectivity index (χ4n) is 1.09. The maximum absolute atomic E-state index is 10.9. The van der Waals surface area contributed by atoms with E-state index in [-0.39, 0.29) is 11.4 Å². The molecule has 0 bridgehead atoms. The van der Waals surface area contributed by atoms with Gasteiger partial charge in [-0.1, -0.05) is 0 Å². The van der Waals surface area contributed by atoms with Gasteiger partial charge in [-0.3, -0.25) is 15.1 Å². The van der Waals surface area contributed by atoms with Crippen molar-refractivity contribution in [3.8, 4) is 0 Å². The summed E-state index contributed by atoms with van der Waals surface area (Å²) < 4.78 is 4.23. The van der Waals surface area contributed by atoms with Gasteiger partial charge in [0.15, 0.2) is 6.10 Å². The zero-order chi connectivity index (χ0) is 13.0. The number of pyridine rings is 1. The summed E-state index contributed by atoms with van der Waals surface area (Å²) >= 11 is 0. The number of esters is 1. The monoisotopic (exact) mass is 242 g/mol. The molecule has 0 saturated heterocycles. The molecule has 0 radical (unpaired) electrons. The number of hydrogen-bond acceptors (Lipinski definition) is 7. The summed E-state index contributed by atoms with van der Waals surface area (Å²) in [6.07, 6.45) is -2.46. The molecule has 1 aromatic heterocycles. The standard InChI is InChI=1S/C9H10N2O6/c1-17-9(14)8(13)7(12)6-3-2-5(4-10-6)11(15)16/h2-4,7-8,12-13H,1H3. The van der Waals surface area contributed by atoms with Crippen LogP contribution >= 0.6 is 0 Å². The van der Waals surface area contributed by atoms with E-state index in [2.05, 4.69) is 9.72 Å². The molecule has 2 atom stereocenters. The lowest BCUT2D eigenvalue weighted by molar-refractivity contribution is -0.385. The smallest absolute Gasteiger partial charge is 0.337 e. The van der Waals surface area contributed by atoms with E-state index >= 15 is 0 Å². The van der Waals surface area contributed by atoms with Gasteiger partial charge in [0.2, 0.25) is 0 Å². The molecule has 0 fully saturated rings. The summed E-state index contributed by atoms with van der Waals surface area (Å²) in [4.78, 5) is 24.2. The van der Waals surface area contributed by atoms with Crippen LogP contribution in [0.5, 0.6) is 0 Å². The van der Waals surface area contributed by atoms with Crippen molar-refractivity contribution in [2.75, 3.05) is 7.11 Å². The van der Waals surface area contributed by atoms with Gasteiger partial charge in [0.1, 0.15) is 12.3 Å². The molecule has 1 heterocycles. The van der Waals surface area contributed by atoms with E-state index in [9.17, 15) is 25.1 Å².